The number of urea groups is 1. The quantitative estimate of drug-likeness (QED) is 0.393. The second-order valence-corrected chi connectivity index (χ2v) is 3.88. The fraction of sp³-hybridized carbons (Fsp3) is 0.556. The van der Waals surface area contributed by atoms with Gasteiger partial charge < -0.3 is 4.90 Å². The van der Waals surface area contributed by atoms with Gasteiger partial charge in [0.05, 0.1) is 6.04 Å². The molecule has 4 nitrogen and oxygen atoms in total. The van der Waals surface area contributed by atoms with Gasteiger partial charge in [0.2, 0.25) is 0 Å². The highest BCUT2D eigenvalue weighted by atomic mass is 16.2. The zero-order valence-corrected chi connectivity index (χ0v) is 7.30. The molecule has 4 heteroatoms. The van der Waals surface area contributed by atoms with E-state index in [0.29, 0.717) is 0 Å². The number of carbonyl (C=O) groups excluding carboxylic acids is 2. The van der Waals surface area contributed by atoms with Crippen LogP contribution in [0.5, 0.6) is 0 Å². The summed E-state index contributed by atoms with van der Waals surface area (Å²) in [7, 11) is 1.56. The molecule has 0 aromatic carbocycles. The summed E-state index contributed by atoms with van der Waals surface area (Å²) in [6.45, 7) is 0. The number of hydrogen-bond donors (Lipinski definition) is 0. The lowest BCUT2D eigenvalue weighted by molar-refractivity contribution is -0.127. The van der Waals surface area contributed by atoms with Gasteiger partial charge in [-0.2, -0.15) is 0 Å². The number of nitrogens with zero attached hydrogens (tertiary/aromatic N) is 2. The van der Waals surface area contributed by atoms with Crippen LogP contribution >= 0.6 is 0 Å². The first-order valence-corrected chi connectivity index (χ1v) is 4.48. The Morgan fingerprint density at radius 3 is 2.85 bits per heavy atom. The van der Waals surface area contributed by atoms with Crippen LogP contribution in [0, 0.1) is 5.92 Å². The van der Waals surface area contributed by atoms with Crippen LogP contribution in [0.3, 0.4) is 0 Å². The van der Waals surface area contributed by atoms with E-state index in [1.807, 2.05) is 6.08 Å². The number of amides is 3. The lowest BCUT2D eigenvalue weighted by atomic mass is 10.0. The maximum absolute atomic E-state index is 11.6. The lowest BCUT2D eigenvalue weighted by Crippen LogP contribution is -2.38. The van der Waals surface area contributed by atoms with Crippen LogP contribution in [0.15, 0.2) is 12.2 Å². The topological polar surface area (TPSA) is 40.6 Å². The van der Waals surface area contributed by atoms with Crippen molar-refractivity contribution < 1.29 is 9.59 Å². The van der Waals surface area contributed by atoms with Crippen LogP contribution in [-0.2, 0) is 4.79 Å². The van der Waals surface area contributed by atoms with Crippen molar-refractivity contribution in [3.05, 3.63) is 12.2 Å². The molecule has 0 saturated carbocycles. The molecule has 2 fully saturated rings. The predicted octanol–water partition coefficient (Wildman–Crippen LogP) is 0.207. The molecule has 2 saturated heterocycles. The first-order chi connectivity index (χ1) is 6.20. The molecule has 0 unspecified atom stereocenters. The normalized spacial score (nSPS) is 40.8. The number of likely N-dealkylation sites (N-methyl/N-ethyl adjacent to an activating group) is 1. The number of carbonyl (C=O) groups is 2. The average molecular weight is 178 g/mol. The molecular weight excluding hydrogens is 168 g/mol. The summed E-state index contributed by atoms with van der Waals surface area (Å²) in [6, 6.07) is -0.143. The molecule has 13 heavy (non-hydrogen) atoms. The molecular formula is C9H10N2O2. The van der Waals surface area contributed by atoms with Crippen molar-refractivity contribution in [3.8, 4) is 0 Å². The van der Waals surface area contributed by atoms with E-state index in [0.717, 1.165) is 6.42 Å². The van der Waals surface area contributed by atoms with Crippen LogP contribution < -0.4 is 0 Å². The van der Waals surface area contributed by atoms with Crippen LogP contribution in [0.25, 0.3) is 0 Å². The Morgan fingerprint density at radius 1 is 1.38 bits per heavy atom. The first kappa shape index (κ1) is 7.12. The number of fused-ring (bicyclic) bond motifs is 5. The molecule has 3 atom stereocenters. The Hall–Kier alpha value is -1.32. The largest absolute Gasteiger partial charge is 0.327 e. The van der Waals surface area contributed by atoms with Crippen molar-refractivity contribution in [2.24, 2.45) is 5.92 Å². The highest BCUT2D eigenvalue weighted by molar-refractivity contribution is 6.05. The summed E-state index contributed by atoms with van der Waals surface area (Å²) in [6.07, 6.45) is 5.04. The molecule has 0 aromatic heterocycles. The SMILES string of the molecule is CN1C(=O)[C@@H]2[C@@H]3C=C[C@@H](C3)N2C1=O. The fourth-order valence-corrected chi connectivity index (χ4v) is 2.59. The molecule has 0 N–H and O–H groups in total. The minimum atomic E-state index is -0.188. The van der Waals surface area contributed by atoms with Gasteiger partial charge in [-0.05, 0) is 6.42 Å². The van der Waals surface area contributed by atoms with Crippen molar-refractivity contribution in [1.29, 1.82) is 0 Å². The Morgan fingerprint density at radius 2 is 2.15 bits per heavy atom. The summed E-state index contributed by atoms with van der Waals surface area (Å²) >= 11 is 0. The van der Waals surface area contributed by atoms with Gasteiger partial charge in [-0.1, -0.05) is 12.2 Å². The smallest absolute Gasteiger partial charge is 0.305 e. The van der Waals surface area contributed by atoms with E-state index < -0.39 is 0 Å². The van der Waals surface area contributed by atoms with Crippen LogP contribution in [0.4, 0.5) is 4.79 Å². The first-order valence-electron chi connectivity index (χ1n) is 4.48. The fourth-order valence-electron chi connectivity index (χ4n) is 2.59. The third-order valence-corrected chi connectivity index (χ3v) is 3.25. The third kappa shape index (κ3) is 0.632. The van der Waals surface area contributed by atoms with Gasteiger partial charge in [0.25, 0.3) is 5.91 Å². The van der Waals surface area contributed by atoms with Crippen molar-refractivity contribution >= 4 is 11.9 Å². The number of rotatable bonds is 0. The zero-order chi connectivity index (χ0) is 9.16. The summed E-state index contributed by atoms with van der Waals surface area (Å²) in [5.41, 5.74) is 0. The molecule has 3 amide bonds. The Bertz CT molecular complexity index is 307. The van der Waals surface area contributed by atoms with E-state index in [9.17, 15) is 9.59 Å². The molecule has 68 valence electrons. The van der Waals surface area contributed by atoms with Crippen LogP contribution in [0.1, 0.15) is 6.42 Å². The minimum Gasteiger partial charge on any atom is -0.305 e. The summed E-state index contributed by atoms with van der Waals surface area (Å²) in [4.78, 5) is 26.1. The zero-order valence-electron chi connectivity index (χ0n) is 7.30. The van der Waals surface area contributed by atoms with Gasteiger partial charge in [0.15, 0.2) is 0 Å². The Labute approximate surface area is 75.8 Å². The number of imide groups is 1. The standard InChI is InChI=1S/C9H10N2O2/c1-10-8(12)7-5-2-3-6(4-5)11(7)9(10)13/h2-3,5-7H,4H2,1H3/t5-,6+,7+/m1/s1. The summed E-state index contributed by atoms with van der Waals surface area (Å²) < 4.78 is 0. The third-order valence-electron chi connectivity index (χ3n) is 3.25. The maximum Gasteiger partial charge on any atom is 0.327 e. The molecule has 0 spiro atoms. The lowest BCUT2D eigenvalue weighted by Gasteiger charge is -2.21. The monoisotopic (exact) mass is 178 g/mol. The molecule has 2 aliphatic heterocycles. The second kappa shape index (κ2) is 1.95. The Kier molecular flexibility index (Phi) is 1.07. The summed E-state index contributed by atoms with van der Waals surface area (Å²) in [5.74, 6) is 0.230. The molecule has 2 bridgehead atoms. The molecule has 0 radical (unpaired) electrons. The van der Waals surface area contributed by atoms with E-state index in [1.54, 1.807) is 11.9 Å². The van der Waals surface area contributed by atoms with Crippen molar-refractivity contribution in [3.63, 3.8) is 0 Å². The van der Waals surface area contributed by atoms with E-state index in [1.165, 1.54) is 4.90 Å². The Balaban J connectivity index is 2.08. The highest BCUT2D eigenvalue weighted by Gasteiger charge is 2.55. The van der Waals surface area contributed by atoms with E-state index in [2.05, 4.69) is 6.08 Å². The molecule has 1 aliphatic carbocycles. The van der Waals surface area contributed by atoms with Gasteiger partial charge in [-0.3, -0.25) is 9.69 Å². The van der Waals surface area contributed by atoms with E-state index in [4.69, 9.17) is 0 Å². The van der Waals surface area contributed by atoms with Crippen molar-refractivity contribution in [2.45, 2.75) is 18.5 Å². The molecule has 2 heterocycles. The molecule has 0 aromatic rings. The minimum absolute atomic E-state index is 0.0400. The second-order valence-electron chi connectivity index (χ2n) is 3.88. The summed E-state index contributed by atoms with van der Waals surface area (Å²) in [5, 5.41) is 0. The maximum atomic E-state index is 11.6. The van der Waals surface area contributed by atoms with Crippen LogP contribution in [0.2, 0.25) is 0 Å². The van der Waals surface area contributed by atoms with Crippen LogP contribution in [-0.4, -0.2) is 40.9 Å². The van der Waals surface area contributed by atoms with Gasteiger partial charge in [-0.25, -0.2) is 4.79 Å². The van der Waals surface area contributed by atoms with E-state index in [-0.39, 0.29) is 29.9 Å². The number of hydrogen-bond acceptors (Lipinski definition) is 2. The van der Waals surface area contributed by atoms with Gasteiger partial charge in [-0.15, -0.1) is 0 Å². The van der Waals surface area contributed by atoms with E-state index >= 15 is 0 Å². The average Bonchev–Trinajstić information content (AvgIpc) is 2.76. The predicted molar refractivity (Wildman–Crippen MR) is 44.8 cm³/mol. The van der Waals surface area contributed by atoms with Crippen molar-refractivity contribution in [2.75, 3.05) is 7.05 Å². The molecule has 3 rings (SSSR count). The van der Waals surface area contributed by atoms with Gasteiger partial charge in [0.1, 0.15) is 6.04 Å². The highest BCUT2D eigenvalue weighted by Crippen LogP contribution is 2.41. The van der Waals surface area contributed by atoms with Crippen molar-refractivity contribution in [1.82, 2.24) is 9.80 Å². The van der Waals surface area contributed by atoms with Gasteiger partial charge in [0, 0.05) is 13.0 Å². The molecule has 3 aliphatic rings. The van der Waals surface area contributed by atoms with Gasteiger partial charge >= 0.3 is 6.03 Å².